The zero-order chi connectivity index (χ0) is 9.10. The molecular weight excluding hydrogens is 160 g/mol. The van der Waals surface area contributed by atoms with Gasteiger partial charge in [-0.25, -0.2) is 0 Å². The van der Waals surface area contributed by atoms with Gasteiger partial charge in [0.1, 0.15) is 5.78 Å². The summed E-state index contributed by atoms with van der Waals surface area (Å²) in [6.45, 7) is 0. The summed E-state index contributed by atoms with van der Waals surface area (Å²) in [7, 11) is 0. The van der Waals surface area contributed by atoms with E-state index < -0.39 is 0 Å². The molecule has 0 spiro atoms. The molecule has 1 atom stereocenters. The lowest BCUT2D eigenvalue weighted by molar-refractivity contribution is -0.122. The normalized spacial score (nSPS) is 32.0. The molecule has 0 bridgehead atoms. The predicted molar refractivity (Wildman–Crippen MR) is 53.5 cm³/mol. The third-order valence-electron chi connectivity index (χ3n) is 3.84. The van der Waals surface area contributed by atoms with Gasteiger partial charge in [0.05, 0.1) is 0 Å². The first kappa shape index (κ1) is 9.23. The van der Waals surface area contributed by atoms with Crippen molar-refractivity contribution in [2.45, 2.75) is 57.8 Å². The Morgan fingerprint density at radius 1 is 0.846 bits per heavy atom. The molecule has 2 rings (SSSR count). The van der Waals surface area contributed by atoms with E-state index in [2.05, 4.69) is 0 Å². The summed E-state index contributed by atoms with van der Waals surface area (Å²) in [5, 5.41) is 0. The number of ketones is 1. The van der Waals surface area contributed by atoms with Crippen LogP contribution in [0.25, 0.3) is 0 Å². The summed E-state index contributed by atoms with van der Waals surface area (Å²) in [6, 6.07) is 0. The number of carbonyl (C=O) groups is 1. The molecule has 74 valence electrons. The fraction of sp³-hybridized carbons (Fsp3) is 0.917. The summed E-state index contributed by atoms with van der Waals surface area (Å²) in [4.78, 5) is 11.3. The number of hydrogen-bond acceptors (Lipinski definition) is 1. The lowest BCUT2D eigenvalue weighted by Gasteiger charge is -2.32. The number of carbonyl (C=O) groups excluding carboxylic acids is 1. The third-order valence-corrected chi connectivity index (χ3v) is 3.84. The van der Waals surface area contributed by atoms with Gasteiger partial charge < -0.3 is 0 Å². The van der Waals surface area contributed by atoms with Crippen molar-refractivity contribution >= 4 is 5.78 Å². The highest BCUT2D eigenvalue weighted by atomic mass is 16.1. The van der Waals surface area contributed by atoms with Crippen LogP contribution in [-0.4, -0.2) is 5.78 Å². The molecule has 0 amide bonds. The molecule has 0 aliphatic heterocycles. The maximum Gasteiger partial charge on any atom is 0.133 e. The van der Waals surface area contributed by atoms with Gasteiger partial charge in [-0.3, -0.25) is 4.79 Å². The minimum Gasteiger partial charge on any atom is -0.300 e. The van der Waals surface area contributed by atoms with Crippen molar-refractivity contribution in [3.05, 3.63) is 0 Å². The van der Waals surface area contributed by atoms with E-state index in [0.29, 0.717) is 5.78 Å². The number of rotatable bonds is 1. The van der Waals surface area contributed by atoms with Crippen LogP contribution in [0, 0.1) is 11.8 Å². The summed E-state index contributed by atoms with van der Waals surface area (Å²) in [6.07, 6.45) is 11.3. The van der Waals surface area contributed by atoms with Crippen LogP contribution in [0.15, 0.2) is 0 Å². The average Bonchev–Trinajstić information content (AvgIpc) is 2.19. The van der Waals surface area contributed by atoms with Crippen molar-refractivity contribution in [2.75, 3.05) is 0 Å². The van der Waals surface area contributed by atoms with E-state index in [1.54, 1.807) is 0 Å². The molecule has 0 radical (unpaired) electrons. The zero-order valence-corrected chi connectivity index (χ0v) is 8.43. The van der Waals surface area contributed by atoms with Crippen LogP contribution < -0.4 is 0 Å². The molecule has 0 aromatic rings. The number of Topliss-reactive ketones (excluding diaryl/α,β-unsaturated/α-hetero) is 1. The highest BCUT2D eigenvalue weighted by Crippen LogP contribution is 2.36. The maximum atomic E-state index is 11.3. The molecular formula is C12H20O. The Labute approximate surface area is 80.9 Å². The van der Waals surface area contributed by atoms with Crippen LogP contribution in [0.2, 0.25) is 0 Å². The third kappa shape index (κ3) is 2.32. The highest BCUT2D eigenvalue weighted by molar-refractivity contribution is 5.79. The average molecular weight is 180 g/mol. The summed E-state index contributed by atoms with van der Waals surface area (Å²) in [5.41, 5.74) is 0. The van der Waals surface area contributed by atoms with Crippen molar-refractivity contribution in [3.8, 4) is 0 Å². The van der Waals surface area contributed by atoms with Crippen molar-refractivity contribution < 1.29 is 4.79 Å². The zero-order valence-electron chi connectivity index (χ0n) is 8.43. The van der Waals surface area contributed by atoms with Gasteiger partial charge >= 0.3 is 0 Å². The summed E-state index contributed by atoms with van der Waals surface area (Å²) < 4.78 is 0. The molecule has 2 aliphatic rings. The van der Waals surface area contributed by atoms with E-state index >= 15 is 0 Å². The van der Waals surface area contributed by atoms with Crippen molar-refractivity contribution in [2.24, 2.45) is 11.8 Å². The van der Waals surface area contributed by atoms with Gasteiger partial charge in [0.25, 0.3) is 0 Å². The first-order valence-electron chi connectivity index (χ1n) is 5.88. The lowest BCUT2D eigenvalue weighted by Crippen LogP contribution is -2.24. The molecule has 0 unspecified atom stereocenters. The quantitative estimate of drug-likeness (QED) is 0.605. The van der Waals surface area contributed by atoms with Gasteiger partial charge in [-0.2, -0.15) is 0 Å². The van der Waals surface area contributed by atoms with Crippen LogP contribution in [0.5, 0.6) is 0 Å². The molecule has 2 saturated carbocycles. The molecule has 0 heterocycles. The first-order valence-corrected chi connectivity index (χ1v) is 5.88. The molecule has 1 nitrogen and oxygen atoms in total. The molecule has 0 aromatic carbocycles. The topological polar surface area (TPSA) is 17.1 Å². The smallest absolute Gasteiger partial charge is 0.133 e. The van der Waals surface area contributed by atoms with Crippen molar-refractivity contribution in [1.82, 2.24) is 0 Å². The number of hydrogen-bond donors (Lipinski definition) is 0. The van der Waals surface area contributed by atoms with Gasteiger partial charge in [0, 0.05) is 12.8 Å². The van der Waals surface area contributed by atoms with E-state index in [9.17, 15) is 4.79 Å². The van der Waals surface area contributed by atoms with E-state index in [1.165, 1.54) is 44.9 Å². The van der Waals surface area contributed by atoms with E-state index in [-0.39, 0.29) is 0 Å². The second-order valence-corrected chi connectivity index (χ2v) is 4.79. The van der Waals surface area contributed by atoms with Crippen LogP contribution in [0.3, 0.4) is 0 Å². The fourth-order valence-corrected chi connectivity index (χ4v) is 3.07. The Hall–Kier alpha value is -0.330. The molecule has 0 N–H and O–H groups in total. The maximum absolute atomic E-state index is 11.3. The van der Waals surface area contributed by atoms with Crippen molar-refractivity contribution in [1.29, 1.82) is 0 Å². The summed E-state index contributed by atoms with van der Waals surface area (Å²) in [5.74, 6) is 2.20. The van der Waals surface area contributed by atoms with Gasteiger partial charge in [0.2, 0.25) is 0 Å². The van der Waals surface area contributed by atoms with Crippen LogP contribution >= 0.6 is 0 Å². The minimum atomic E-state index is 0.529. The molecule has 13 heavy (non-hydrogen) atoms. The minimum absolute atomic E-state index is 0.529. The lowest BCUT2D eigenvalue weighted by atomic mass is 9.73. The van der Waals surface area contributed by atoms with Crippen molar-refractivity contribution in [3.63, 3.8) is 0 Å². The van der Waals surface area contributed by atoms with Crippen LogP contribution in [0.1, 0.15) is 57.8 Å². The molecule has 1 heteroatoms. The van der Waals surface area contributed by atoms with Gasteiger partial charge in [0.15, 0.2) is 0 Å². The largest absolute Gasteiger partial charge is 0.300 e. The Morgan fingerprint density at radius 2 is 1.54 bits per heavy atom. The van der Waals surface area contributed by atoms with Gasteiger partial charge in [-0.1, -0.05) is 32.1 Å². The Balaban J connectivity index is 1.87. The standard InChI is InChI=1S/C12H20O/c13-12-8-4-7-11(9-12)10-5-2-1-3-6-10/h10-11H,1-9H2/t11-/m0/s1. The monoisotopic (exact) mass is 180 g/mol. The predicted octanol–water partition coefficient (Wildman–Crippen LogP) is 3.33. The van der Waals surface area contributed by atoms with E-state index in [0.717, 1.165) is 24.7 Å². The second kappa shape index (κ2) is 4.26. The fourth-order valence-electron chi connectivity index (χ4n) is 3.07. The first-order chi connectivity index (χ1) is 6.36. The van der Waals surface area contributed by atoms with Crippen LogP contribution in [0.4, 0.5) is 0 Å². The van der Waals surface area contributed by atoms with Gasteiger partial charge in [-0.05, 0) is 24.7 Å². The Kier molecular flexibility index (Phi) is 3.02. The van der Waals surface area contributed by atoms with Gasteiger partial charge in [-0.15, -0.1) is 0 Å². The van der Waals surface area contributed by atoms with E-state index in [1.807, 2.05) is 0 Å². The SMILES string of the molecule is O=C1CCC[C@H](C2CCCCC2)C1. The van der Waals surface area contributed by atoms with Crippen LogP contribution in [-0.2, 0) is 4.79 Å². The molecule has 2 fully saturated rings. The molecule has 0 aromatic heterocycles. The Bertz CT molecular complexity index is 180. The highest BCUT2D eigenvalue weighted by Gasteiger charge is 2.27. The summed E-state index contributed by atoms with van der Waals surface area (Å²) >= 11 is 0. The Morgan fingerprint density at radius 3 is 2.23 bits per heavy atom. The molecule has 2 aliphatic carbocycles. The second-order valence-electron chi connectivity index (χ2n) is 4.79. The van der Waals surface area contributed by atoms with E-state index in [4.69, 9.17) is 0 Å². The molecule has 0 saturated heterocycles.